The van der Waals surface area contributed by atoms with Gasteiger partial charge in [-0.1, -0.05) is 43.9 Å². The maximum atomic E-state index is 13.7. The Morgan fingerprint density at radius 3 is 2.11 bits per heavy atom. The molecule has 3 fully saturated rings. The summed E-state index contributed by atoms with van der Waals surface area (Å²) in [5.41, 5.74) is 0.236. The van der Waals surface area contributed by atoms with Crippen LogP contribution in [0.4, 0.5) is 0 Å². The number of aliphatic hydroxyl groups is 5. The molecule has 0 aromatic heterocycles. The van der Waals surface area contributed by atoms with Gasteiger partial charge in [0.25, 0.3) is 5.91 Å². The number of nitrogens with one attached hydrogen (secondary N) is 1. The van der Waals surface area contributed by atoms with E-state index in [9.17, 15) is 48.1 Å². The van der Waals surface area contributed by atoms with E-state index >= 15 is 0 Å². The van der Waals surface area contributed by atoms with Gasteiger partial charge in [-0.2, -0.15) is 8.42 Å². The van der Waals surface area contributed by atoms with Crippen LogP contribution in [0, 0.1) is 0 Å². The van der Waals surface area contributed by atoms with Crippen molar-refractivity contribution >= 4 is 22.3 Å². The fourth-order valence-corrected chi connectivity index (χ4v) is 7.19. The summed E-state index contributed by atoms with van der Waals surface area (Å²) in [7, 11) is -3.67. The predicted octanol–water partition coefficient (Wildman–Crippen LogP) is -0.296. The number of amides is 1. The zero-order chi connectivity index (χ0) is 40.3. The third-order valence-corrected chi connectivity index (χ3v) is 10.2. The maximum Gasteiger partial charge on any atom is 0.397 e. The van der Waals surface area contributed by atoms with Crippen molar-refractivity contribution in [1.29, 1.82) is 0 Å². The van der Waals surface area contributed by atoms with Crippen LogP contribution in [0.25, 0.3) is 0 Å². The van der Waals surface area contributed by atoms with E-state index in [0.717, 1.165) is 25.7 Å². The summed E-state index contributed by atoms with van der Waals surface area (Å²) in [5.74, 6) is -0.867. The van der Waals surface area contributed by atoms with Crippen LogP contribution in [0.3, 0.4) is 0 Å². The molecule has 0 saturated carbocycles. The van der Waals surface area contributed by atoms with Crippen molar-refractivity contribution < 1.29 is 85.4 Å². The number of benzene rings is 1. The van der Waals surface area contributed by atoms with Gasteiger partial charge in [-0.25, -0.2) is 4.18 Å². The molecule has 14 atom stereocenters. The molecule has 3 aliphatic heterocycles. The van der Waals surface area contributed by atoms with Gasteiger partial charge in [0.2, 0.25) is 0 Å². The van der Waals surface area contributed by atoms with Gasteiger partial charge < -0.3 is 64.0 Å². The lowest BCUT2D eigenvalue weighted by atomic mass is 9.94. The van der Waals surface area contributed by atoms with Crippen LogP contribution in [0.1, 0.15) is 75.6 Å². The predicted molar refractivity (Wildman–Crippen MR) is 187 cm³/mol. The Balaban J connectivity index is 1.61. The minimum Gasteiger partial charge on any atom is -0.469 e. The van der Waals surface area contributed by atoms with Gasteiger partial charge in [-0.05, 0) is 38.8 Å². The number of carbonyl (C=O) groups is 2. The molecule has 19 nitrogen and oxygen atoms in total. The first-order chi connectivity index (χ1) is 26.1. The second-order valence-corrected chi connectivity index (χ2v) is 14.9. The zero-order valence-corrected chi connectivity index (χ0v) is 31.8. The van der Waals surface area contributed by atoms with Crippen molar-refractivity contribution in [3.63, 3.8) is 0 Å². The quantitative estimate of drug-likeness (QED) is 0.0537. The molecule has 1 aromatic carbocycles. The van der Waals surface area contributed by atoms with Crippen molar-refractivity contribution in [2.24, 2.45) is 0 Å². The van der Waals surface area contributed by atoms with E-state index in [1.165, 1.54) is 21.0 Å². The number of aliphatic hydroxyl groups excluding tert-OH is 5. The van der Waals surface area contributed by atoms with Crippen LogP contribution >= 0.6 is 0 Å². The van der Waals surface area contributed by atoms with Gasteiger partial charge in [0.05, 0.1) is 25.9 Å². The van der Waals surface area contributed by atoms with E-state index in [-0.39, 0.29) is 24.6 Å². The molecule has 0 bridgehead atoms. The monoisotopic (exact) mass is 809 g/mol. The zero-order valence-electron chi connectivity index (χ0n) is 31.0. The average molecular weight is 810 g/mol. The van der Waals surface area contributed by atoms with E-state index in [1.807, 2.05) is 0 Å². The molecule has 0 unspecified atom stereocenters. The van der Waals surface area contributed by atoms with Crippen molar-refractivity contribution in [2.45, 2.75) is 151 Å². The van der Waals surface area contributed by atoms with Gasteiger partial charge >= 0.3 is 16.4 Å². The Labute approximate surface area is 320 Å². The summed E-state index contributed by atoms with van der Waals surface area (Å²) in [6.45, 7) is 2.35. The van der Waals surface area contributed by atoms with Crippen LogP contribution in [0.2, 0.25) is 0 Å². The van der Waals surface area contributed by atoms with E-state index in [4.69, 9.17) is 28.4 Å². The topological polar surface area (TPSA) is 276 Å². The van der Waals surface area contributed by atoms with Crippen LogP contribution in [0.15, 0.2) is 30.3 Å². The lowest BCUT2D eigenvalue weighted by molar-refractivity contribution is -0.366. The average Bonchev–Trinajstić information content (AvgIpc) is 3.15. The smallest absolute Gasteiger partial charge is 0.397 e. The van der Waals surface area contributed by atoms with E-state index in [1.54, 1.807) is 30.3 Å². The van der Waals surface area contributed by atoms with Crippen molar-refractivity contribution in [3.8, 4) is 0 Å². The largest absolute Gasteiger partial charge is 0.469 e. The molecule has 0 spiro atoms. The number of rotatable bonds is 19. The molecule has 1 amide bonds. The standard InChI is InChI=1S/C35H55NO18S/c1-19-17-22(54-55(44,45)46)27(40)34(49-19)52-30-23(18-37)51-33(48-16-12-7-5-4-6-11-15-24(38)47-3)25(36-32(43)21-13-9-8-10-14-21)31(30)53-35-29(42)28(41)26(39)20(2)50-35/h8-10,13-14,19-20,22-23,25-31,33-35,37,39-42H,4-7,11-12,15-18H2,1-3H3,(H,36,43)(H,44,45,46)/t19-,20+,22+,23-,25-,26-,27-,28-,29+,30-,31-,33-,34+,35+/m1/s1. The van der Waals surface area contributed by atoms with E-state index < -0.39 is 109 Å². The molecule has 1 aromatic rings. The number of unbranched alkanes of at least 4 members (excludes halogenated alkanes) is 5. The highest BCUT2D eigenvalue weighted by Gasteiger charge is 2.54. The number of hydrogen-bond acceptors (Lipinski definition) is 17. The summed E-state index contributed by atoms with van der Waals surface area (Å²) in [6, 6.07) is 6.80. The van der Waals surface area contributed by atoms with E-state index in [2.05, 4.69) is 14.2 Å². The molecular formula is C35H55NO18S. The van der Waals surface area contributed by atoms with Crippen molar-refractivity contribution in [1.82, 2.24) is 5.32 Å². The highest BCUT2D eigenvalue weighted by atomic mass is 32.3. The molecule has 55 heavy (non-hydrogen) atoms. The second kappa shape index (κ2) is 21.4. The van der Waals surface area contributed by atoms with E-state index in [0.29, 0.717) is 19.3 Å². The van der Waals surface area contributed by atoms with Gasteiger partial charge in [0.15, 0.2) is 18.9 Å². The number of hydrogen-bond donors (Lipinski definition) is 7. The third kappa shape index (κ3) is 13.1. The number of carbonyl (C=O) groups excluding carboxylic acids is 2. The Hall–Kier alpha value is -2.41. The molecule has 20 heteroatoms. The highest BCUT2D eigenvalue weighted by molar-refractivity contribution is 7.80. The summed E-state index contributed by atoms with van der Waals surface area (Å²) in [4.78, 5) is 25.0. The Bertz CT molecular complexity index is 1440. The van der Waals surface area contributed by atoms with Crippen molar-refractivity contribution in [3.05, 3.63) is 35.9 Å². The molecule has 3 heterocycles. The Morgan fingerprint density at radius 1 is 0.818 bits per heavy atom. The van der Waals surface area contributed by atoms with Gasteiger partial charge in [0, 0.05) is 25.0 Å². The Morgan fingerprint density at radius 2 is 1.45 bits per heavy atom. The molecule has 7 N–H and O–H groups in total. The van der Waals surface area contributed by atoms with Gasteiger partial charge in [0.1, 0.15) is 54.9 Å². The molecule has 3 saturated heterocycles. The van der Waals surface area contributed by atoms with Crippen LogP contribution < -0.4 is 5.32 Å². The fraction of sp³-hybridized carbons (Fsp3) is 0.771. The van der Waals surface area contributed by atoms with Crippen LogP contribution in [0.5, 0.6) is 0 Å². The summed E-state index contributed by atoms with van der Waals surface area (Å²) < 4.78 is 78.1. The summed E-state index contributed by atoms with van der Waals surface area (Å²) >= 11 is 0. The lowest BCUT2D eigenvalue weighted by Crippen LogP contribution is -2.69. The minimum absolute atomic E-state index is 0.127. The molecule has 0 radical (unpaired) electrons. The molecule has 0 aliphatic carbocycles. The summed E-state index contributed by atoms with van der Waals surface area (Å²) in [6.07, 6.45) is -14.4. The minimum atomic E-state index is -5.01. The molecule has 314 valence electrons. The van der Waals surface area contributed by atoms with Gasteiger partial charge in [-0.3, -0.25) is 14.1 Å². The molecule has 3 aliphatic rings. The summed E-state index contributed by atoms with van der Waals surface area (Å²) in [5, 5.41) is 56.4. The van der Waals surface area contributed by atoms with Gasteiger partial charge in [-0.15, -0.1) is 0 Å². The number of esters is 1. The highest BCUT2D eigenvalue weighted by Crippen LogP contribution is 2.34. The molecular weight excluding hydrogens is 754 g/mol. The molecule has 4 rings (SSSR count). The first kappa shape index (κ1) is 45.3. The SMILES string of the molecule is COC(=O)CCCCCCCCO[C@@H]1O[C@H](CO)[C@@H](O[C@@H]2O[C@H](C)C[C@H](OS(=O)(=O)O)[C@H]2O)[C@H](O[C@@H]2O[C@@H](C)[C@@H](O)[C@@H](O)[C@@H]2O)[C@H]1NC(=O)c1ccccc1. The fourth-order valence-electron chi connectivity index (χ4n) is 6.68. The second-order valence-electron chi connectivity index (χ2n) is 13.9. The lowest BCUT2D eigenvalue weighted by Gasteiger charge is -2.50. The first-order valence-corrected chi connectivity index (χ1v) is 19.8. The van der Waals surface area contributed by atoms with Crippen LogP contribution in [-0.2, 0) is 52.5 Å². The maximum absolute atomic E-state index is 13.7. The number of ether oxygens (including phenoxy) is 7. The van der Waals surface area contributed by atoms with Crippen molar-refractivity contribution in [2.75, 3.05) is 20.3 Å². The normalized spacial score (nSPS) is 35.6. The number of methoxy groups -OCH3 is 1. The Kier molecular flexibility index (Phi) is 17.6. The third-order valence-electron chi connectivity index (χ3n) is 9.67. The van der Waals surface area contributed by atoms with Crippen LogP contribution in [-0.4, -0.2) is 157 Å². The first-order valence-electron chi connectivity index (χ1n) is 18.4.